The van der Waals surface area contributed by atoms with Crippen LogP contribution >= 0.6 is 22.9 Å². The maximum Gasteiger partial charge on any atom is 0.0516 e. The molecule has 2 nitrogen and oxygen atoms in total. The molecule has 1 fully saturated rings. The number of hydrogen-bond donors (Lipinski definition) is 1. The van der Waals surface area contributed by atoms with Gasteiger partial charge < -0.3 is 5.32 Å². The minimum Gasteiger partial charge on any atom is -0.314 e. The van der Waals surface area contributed by atoms with Crippen molar-refractivity contribution >= 4 is 22.9 Å². The summed E-state index contributed by atoms with van der Waals surface area (Å²) in [5.41, 5.74) is 0. The Morgan fingerprint density at radius 3 is 2.87 bits per heavy atom. The van der Waals surface area contributed by atoms with Crippen LogP contribution in [-0.2, 0) is 6.54 Å². The molecule has 84 valence electrons. The van der Waals surface area contributed by atoms with Gasteiger partial charge in [0.1, 0.15) is 0 Å². The Labute approximate surface area is 100 Å². The van der Waals surface area contributed by atoms with Crippen LogP contribution in [0.1, 0.15) is 18.2 Å². The van der Waals surface area contributed by atoms with Gasteiger partial charge in [0, 0.05) is 35.9 Å². The second kappa shape index (κ2) is 5.30. The molecule has 1 aliphatic heterocycles. The van der Waals surface area contributed by atoms with E-state index in [4.69, 9.17) is 11.6 Å². The fraction of sp³-hybridized carbons (Fsp3) is 0.636. The number of thiophene rings is 1. The van der Waals surface area contributed by atoms with Gasteiger partial charge in [-0.2, -0.15) is 0 Å². The van der Waals surface area contributed by atoms with Crippen LogP contribution in [-0.4, -0.2) is 30.6 Å². The molecule has 0 aromatic carbocycles. The fourth-order valence-corrected chi connectivity index (χ4v) is 2.94. The predicted molar refractivity (Wildman–Crippen MR) is 66.7 cm³/mol. The van der Waals surface area contributed by atoms with Gasteiger partial charge in [0.15, 0.2) is 0 Å². The summed E-state index contributed by atoms with van der Waals surface area (Å²) in [6, 6.07) is 2.81. The van der Waals surface area contributed by atoms with E-state index in [0.717, 1.165) is 30.7 Å². The van der Waals surface area contributed by atoms with Crippen LogP contribution in [0.4, 0.5) is 0 Å². The zero-order valence-electron chi connectivity index (χ0n) is 9.00. The van der Waals surface area contributed by atoms with E-state index in [9.17, 15) is 0 Å². The van der Waals surface area contributed by atoms with Crippen molar-refractivity contribution in [3.05, 3.63) is 21.3 Å². The normalized spacial score (nSPS) is 17.0. The van der Waals surface area contributed by atoms with Gasteiger partial charge in [-0.05, 0) is 19.0 Å². The number of nitrogens with one attached hydrogen (secondary N) is 1. The maximum atomic E-state index is 5.93. The van der Waals surface area contributed by atoms with Gasteiger partial charge in [0.05, 0.1) is 5.02 Å². The van der Waals surface area contributed by atoms with Crippen molar-refractivity contribution in [3.63, 3.8) is 0 Å². The lowest BCUT2D eigenvalue weighted by Crippen LogP contribution is -2.56. The predicted octanol–water partition coefficient (Wildman–Crippen LogP) is 2.59. The number of rotatable bonds is 5. The highest BCUT2D eigenvalue weighted by Crippen LogP contribution is 2.22. The van der Waals surface area contributed by atoms with Crippen molar-refractivity contribution in [2.24, 2.45) is 0 Å². The lowest BCUT2D eigenvalue weighted by molar-refractivity contribution is 0.139. The van der Waals surface area contributed by atoms with Crippen LogP contribution in [0.25, 0.3) is 0 Å². The Kier molecular flexibility index (Phi) is 4.03. The molecule has 2 heterocycles. The van der Waals surface area contributed by atoms with Gasteiger partial charge >= 0.3 is 0 Å². The quantitative estimate of drug-likeness (QED) is 0.857. The molecule has 4 heteroatoms. The Balaban J connectivity index is 1.93. The first-order chi connectivity index (χ1) is 7.29. The highest BCUT2D eigenvalue weighted by Gasteiger charge is 2.23. The molecule has 1 saturated heterocycles. The Bertz CT molecular complexity index is 309. The van der Waals surface area contributed by atoms with Crippen molar-refractivity contribution in [3.8, 4) is 0 Å². The average molecular weight is 245 g/mol. The molecule has 0 saturated carbocycles. The monoisotopic (exact) mass is 244 g/mol. The van der Waals surface area contributed by atoms with Gasteiger partial charge in [-0.25, -0.2) is 0 Å². The summed E-state index contributed by atoms with van der Waals surface area (Å²) in [7, 11) is 0. The minimum absolute atomic E-state index is 0.728. The third-order valence-corrected chi connectivity index (χ3v) is 4.04. The lowest BCUT2D eigenvalue weighted by atomic mass is 10.1. The van der Waals surface area contributed by atoms with Crippen molar-refractivity contribution in [2.45, 2.75) is 25.9 Å². The van der Waals surface area contributed by atoms with Crippen molar-refractivity contribution in [1.29, 1.82) is 0 Å². The Morgan fingerprint density at radius 1 is 1.60 bits per heavy atom. The highest BCUT2D eigenvalue weighted by atomic mass is 35.5. The largest absolute Gasteiger partial charge is 0.314 e. The summed E-state index contributed by atoms with van der Waals surface area (Å²) in [6.07, 6.45) is 1.22. The summed E-state index contributed by atoms with van der Waals surface area (Å²) < 4.78 is 0. The standard InChI is InChI=1S/C11H17ClN2S/c1-2-3-14(10-5-13-6-10)7-11-4-9(12)8-15-11/h4,8,10,13H,2-3,5-7H2,1H3. The molecule has 0 aliphatic carbocycles. The molecule has 0 spiro atoms. The summed E-state index contributed by atoms with van der Waals surface area (Å²) in [6.45, 7) is 6.75. The van der Waals surface area contributed by atoms with Crippen LogP contribution in [0.3, 0.4) is 0 Å². The van der Waals surface area contributed by atoms with Crippen LogP contribution in [0, 0.1) is 0 Å². The molecule has 1 aromatic heterocycles. The van der Waals surface area contributed by atoms with E-state index in [1.165, 1.54) is 17.8 Å². The Morgan fingerprint density at radius 2 is 2.40 bits per heavy atom. The third kappa shape index (κ3) is 2.94. The van der Waals surface area contributed by atoms with Crippen molar-refractivity contribution in [2.75, 3.05) is 19.6 Å². The number of nitrogens with zero attached hydrogens (tertiary/aromatic N) is 1. The zero-order valence-corrected chi connectivity index (χ0v) is 10.6. The topological polar surface area (TPSA) is 15.3 Å². The molecule has 0 unspecified atom stereocenters. The maximum absolute atomic E-state index is 5.93. The summed E-state index contributed by atoms with van der Waals surface area (Å²) in [5.74, 6) is 0. The molecule has 1 N–H and O–H groups in total. The van der Waals surface area contributed by atoms with E-state index in [1.54, 1.807) is 11.3 Å². The first kappa shape index (κ1) is 11.4. The second-order valence-electron chi connectivity index (χ2n) is 4.01. The lowest BCUT2D eigenvalue weighted by Gasteiger charge is -2.37. The summed E-state index contributed by atoms with van der Waals surface area (Å²) in [5, 5.41) is 6.21. The van der Waals surface area contributed by atoms with Gasteiger partial charge in [0.25, 0.3) is 0 Å². The summed E-state index contributed by atoms with van der Waals surface area (Å²) >= 11 is 7.69. The van der Waals surface area contributed by atoms with E-state index in [1.807, 2.05) is 5.38 Å². The fourth-order valence-electron chi connectivity index (χ4n) is 1.85. The highest BCUT2D eigenvalue weighted by molar-refractivity contribution is 7.10. The molecule has 0 amide bonds. The van der Waals surface area contributed by atoms with Crippen molar-refractivity contribution in [1.82, 2.24) is 10.2 Å². The molecule has 1 aliphatic rings. The van der Waals surface area contributed by atoms with Gasteiger partial charge in [-0.15, -0.1) is 11.3 Å². The molecular weight excluding hydrogens is 228 g/mol. The molecule has 15 heavy (non-hydrogen) atoms. The second-order valence-corrected chi connectivity index (χ2v) is 5.45. The van der Waals surface area contributed by atoms with E-state index in [2.05, 4.69) is 23.2 Å². The van der Waals surface area contributed by atoms with E-state index < -0.39 is 0 Å². The number of hydrogen-bond acceptors (Lipinski definition) is 3. The van der Waals surface area contributed by atoms with E-state index in [-0.39, 0.29) is 0 Å². The number of halogens is 1. The van der Waals surface area contributed by atoms with Gasteiger partial charge in [-0.3, -0.25) is 4.90 Å². The average Bonchev–Trinajstić information content (AvgIpc) is 2.48. The SMILES string of the molecule is CCCN(Cc1cc(Cl)cs1)C1CNC1. The van der Waals surface area contributed by atoms with E-state index in [0.29, 0.717) is 0 Å². The third-order valence-electron chi connectivity index (χ3n) is 2.77. The van der Waals surface area contributed by atoms with Gasteiger partial charge in [-0.1, -0.05) is 18.5 Å². The van der Waals surface area contributed by atoms with Gasteiger partial charge in [0.2, 0.25) is 0 Å². The molecular formula is C11H17ClN2S. The van der Waals surface area contributed by atoms with Crippen LogP contribution in [0.15, 0.2) is 11.4 Å². The first-order valence-electron chi connectivity index (χ1n) is 5.47. The molecule has 0 atom stereocenters. The summed E-state index contributed by atoms with van der Waals surface area (Å²) in [4.78, 5) is 3.93. The van der Waals surface area contributed by atoms with Crippen LogP contribution < -0.4 is 5.32 Å². The molecule has 1 aromatic rings. The van der Waals surface area contributed by atoms with E-state index >= 15 is 0 Å². The minimum atomic E-state index is 0.728. The molecule has 0 radical (unpaired) electrons. The molecule has 0 bridgehead atoms. The Hall–Kier alpha value is -0.0900. The molecule has 2 rings (SSSR count). The van der Waals surface area contributed by atoms with Crippen LogP contribution in [0.2, 0.25) is 5.02 Å². The zero-order chi connectivity index (χ0) is 10.7. The van der Waals surface area contributed by atoms with Crippen LogP contribution in [0.5, 0.6) is 0 Å². The van der Waals surface area contributed by atoms with Crippen molar-refractivity contribution < 1.29 is 0 Å². The smallest absolute Gasteiger partial charge is 0.0516 e. The first-order valence-corrected chi connectivity index (χ1v) is 6.73.